The van der Waals surface area contributed by atoms with E-state index >= 15 is 0 Å². The predicted molar refractivity (Wildman–Crippen MR) is 70.2 cm³/mol. The summed E-state index contributed by atoms with van der Waals surface area (Å²) in [6.07, 6.45) is 1.66. The molecule has 1 aromatic rings. The Kier molecular flexibility index (Phi) is 2.91. The van der Waals surface area contributed by atoms with Gasteiger partial charge in [-0.2, -0.15) is 0 Å². The number of fused-ring (bicyclic) bond motifs is 1. The van der Waals surface area contributed by atoms with Crippen LogP contribution >= 0.6 is 11.6 Å². The van der Waals surface area contributed by atoms with Crippen molar-refractivity contribution < 1.29 is 4.74 Å². The zero-order valence-corrected chi connectivity index (χ0v) is 10.2. The van der Waals surface area contributed by atoms with E-state index in [4.69, 9.17) is 16.3 Å². The Bertz CT molecular complexity index is 443. The van der Waals surface area contributed by atoms with E-state index in [2.05, 4.69) is 27.3 Å². The van der Waals surface area contributed by atoms with Crippen LogP contribution in [-0.4, -0.2) is 32.6 Å². The lowest BCUT2D eigenvalue weighted by Crippen LogP contribution is -2.36. The van der Waals surface area contributed by atoms with Crippen molar-refractivity contribution >= 4 is 29.3 Å². The van der Waals surface area contributed by atoms with Crippen LogP contribution in [0.1, 0.15) is 11.1 Å². The number of rotatable bonds is 1. The van der Waals surface area contributed by atoms with Gasteiger partial charge in [0.15, 0.2) is 5.50 Å². The molecule has 2 aliphatic heterocycles. The third-order valence-electron chi connectivity index (χ3n) is 3.10. The lowest BCUT2D eigenvalue weighted by Gasteiger charge is -2.30. The molecule has 2 aliphatic rings. The number of nitrogens with one attached hydrogen (secondary N) is 1. The van der Waals surface area contributed by atoms with E-state index in [1.54, 1.807) is 6.34 Å². The topological polar surface area (TPSA) is 36.9 Å². The molecular weight excluding hydrogens is 238 g/mol. The summed E-state index contributed by atoms with van der Waals surface area (Å²) in [6, 6.07) is 6.27. The number of hydrogen-bond acceptors (Lipinski definition) is 4. The zero-order valence-electron chi connectivity index (χ0n) is 9.40. The van der Waals surface area contributed by atoms with Gasteiger partial charge >= 0.3 is 0 Å². The molecular formula is C12H14ClN3O. The molecule has 2 heterocycles. The van der Waals surface area contributed by atoms with E-state index in [1.165, 1.54) is 5.69 Å². The van der Waals surface area contributed by atoms with Crippen molar-refractivity contribution in [2.75, 3.05) is 36.5 Å². The molecule has 0 bridgehead atoms. The number of nitrogens with zero attached hydrogens (tertiary/aromatic N) is 2. The van der Waals surface area contributed by atoms with Crippen molar-refractivity contribution in [3.05, 3.63) is 23.8 Å². The highest BCUT2D eigenvalue weighted by molar-refractivity contribution is 6.22. The molecule has 1 aromatic carbocycles. The Balaban J connectivity index is 1.88. The van der Waals surface area contributed by atoms with Crippen LogP contribution in [0.2, 0.25) is 0 Å². The first-order chi connectivity index (χ1) is 8.34. The minimum Gasteiger partial charge on any atom is -0.378 e. The number of benzene rings is 1. The van der Waals surface area contributed by atoms with Gasteiger partial charge in [0.1, 0.15) is 0 Å². The Morgan fingerprint density at radius 2 is 2.18 bits per heavy atom. The molecule has 0 radical (unpaired) electrons. The van der Waals surface area contributed by atoms with Gasteiger partial charge in [0.25, 0.3) is 0 Å². The van der Waals surface area contributed by atoms with Gasteiger partial charge in [-0.05, 0) is 12.1 Å². The van der Waals surface area contributed by atoms with E-state index in [0.29, 0.717) is 0 Å². The summed E-state index contributed by atoms with van der Waals surface area (Å²) in [5.74, 6) is 0. The number of anilines is 2. The van der Waals surface area contributed by atoms with E-state index < -0.39 is 0 Å². The normalized spacial score (nSPS) is 23.1. The fraction of sp³-hybridized carbons (Fsp3) is 0.417. The SMILES string of the molecule is Cl[C@@H]1N=CNc2cc(N3CCOCC3)ccc21. The highest BCUT2D eigenvalue weighted by Gasteiger charge is 2.17. The summed E-state index contributed by atoms with van der Waals surface area (Å²) in [4.78, 5) is 6.43. The molecule has 17 heavy (non-hydrogen) atoms. The molecule has 0 aromatic heterocycles. The van der Waals surface area contributed by atoms with Crippen molar-refractivity contribution in [2.24, 2.45) is 4.99 Å². The zero-order chi connectivity index (χ0) is 11.7. The number of halogens is 1. The van der Waals surface area contributed by atoms with Gasteiger partial charge in [-0.15, -0.1) is 0 Å². The van der Waals surface area contributed by atoms with E-state index in [-0.39, 0.29) is 5.50 Å². The van der Waals surface area contributed by atoms with Gasteiger partial charge < -0.3 is 15.0 Å². The van der Waals surface area contributed by atoms with Gasteiger partial charge in [0.2, 0.25) is 0 Å². The molecule has 1 fully saturated rings. The average Bonchev–Trinajstić information content (AvgIpc) is 2.40. The number of ether oxygens (including phenoxy) is 1. The molecule has 90 valence electrons. The summed E-state index contributed by atoms with van der Waals surface area (Å²) in [6.45, 7) is 3.47. The van der Waals surface area contributed by atoms with Gasteiger partial charge in [-0.25, -0.2) is 0 Å². The fourth-order valence-electron chi connectivity index (χ4n) is 2.15. The molecule has 1 saturated heterocycles. The third-order valence-corrected chi connectivity index (χ3v) is 3.44. The maximum absolute atomic E-state index is 6.11. The standard InChI is InChI=1S/C12H14ClN3O/c13-12-10-2-1-9(7-11(10)14-8-15-12)16-3-5-17-6-4-16/h1-2,7-8,12H,3-6H2,(H,14,15)/t12-/m1/s1. The van der Waals surface area contributed by atoms with Crippen LogP contribution in [0, 0.1) is 0 Å². The smallest absolute Gasteiger partial charge is 0.152 e. The quantitative estimate of drug-likeness (QED) is 0.614. The second kappa shape index (κ2) is 4.55. The fourth-order valence-corrected chi connectivity index (χ4v) is 2.39. The molecule has 5 heteroatoms. The summed E-state index contributed by atoms with van der Waals surface area (Å²) in [7, 11) is 0. The molecule has 0 unspecified atom stereocenters. The molecule has 0 saturated carbocycles. The molecule has 0 amide bonds. The minimum atomic E-state index is -0.273. The maximum atomic E-state index is 6.11. The second-order valence-corrected chi connectivity index (χ2v) is 4.54. The van der Waals surface area contributed by atoms with Gasteiger partial charge in [-0.3, -0.25) is 4.99 Å². The Labute approximate surface area is 105 Å². The van der Waals surface area contributed by atoms with Crippen molar-refractivity contribution in [1.29, 1.82) is 0 Å². The van der Waals surface area contributed by atoms with E-state index in [1.807, 2.05) is 6.07 Å². The van der Waals surface area contributed by atoms with Crippen LogP contribution < -0.4 is 10.2 Å². The lowest BCUT2D eigenvalue weighted by molar-refractivity contribution is 0.122. The average molecular weight is 252 g/mol. The maximum Gasteiger partial charge on any atom is 0.152 e. The van der Waals surface area contributed by atoms with Crippen LogP contribution in [0.15, 0.2) is 23.2 Å². The Hall–Kier alpha value is -1.26. The van der Waals surface area contributed by atoms with Crippen LogP contribution in [0.4, 0.5) is 11.4 Å². The first-order valence-corrected chi connectivity index (χ1v) is 6.17. The summed E-state index contributed by atoms with van der Waals surface area (Å²) < 4.78 is 5.35. The van der Waals surface area contributed by atoms with E-state index in [0.717, 1.165) is 37.6 Å². The summed E-state index contributed by atoms with van der Waals surface area (Å²) in [5.41, 5.74) is 3.01. The van der Waals surface area contributed by atoms with Crippen molar-refractivity contribution in [2.45, 2.75) is 5.50 Å². The monoisotopic (exact) mass is 251 g/mol. The molecule has 3 rings (SSSR count). The van der Waals surface area contributed by atoms with Crippen molar-refractivity contribution in [3.8, 4) is 0 Å². The third kappa shape index (κ3) is 2.10. The molecule has 1 N–H and O–H groups in total. The number of morpholine rings is 1. The van der Waals surface area contributed by atoms with Gasteiger partial charge in [-0.1, -0.05) is 17.7 Å². The van der Waals surface area contributed by atoms with Gasteiger partial charge in [0.05, 0.1) is 19.6 Å². The highest BCUT2D eigenvalue weighted by Crippen LogP contribution is 2.34. The largest absolute Gasteiger partial charge is 0.378 e. The lowest BCUT2D eigenvalue weighted by atomic mass is 10.1. The Morgan fingerprint density at radius 3 is 3.00 bits per heavy atom. The molecule has 1 atom stereocenters. The van der Waals surface area contributed by atoms with Crippen molar-refractivity contribution in [1.82, 2.24) is 0 Å². The Morgan fingerprint density at radius 1 is 1.35 bits per heavy atom. The number of alkyl halides is 1. The second-order valence-electron chi connectivity index (χ2n) is 4.13. The molecule has 0 spiro atoms. The van der Waals surface area contributed by atoms with Crippen molar-refractivity contribution in [3.63, 3.8) is 0 Å². The summed E-state index contributed by atoms with van der Waals surface area (Å²) >= 11 is 6.11. The van der Waals surface area contributed by atoms with Crippen LogP contribution in [-0.2, 0) is 4.74 Å². The van der Waals surface area contributed by atoms with E-state index in [9.17, 15) is 0 Å². The predicted octanol–water partition coefficient (Wildman–Crippen LogP) is 2.21. The number of hydrogen-bond donors (Lipinski definition) is 1. The van der Waals surface area contributed by atoms with Crippen LogP contribution in [0.3, 0.4) is 0 Å². The van der Waals surface area contributed by atoms with Crippen LogP contribution in [0.25, 0.3) is 0 Å². The minimum absolute atomic E-state index is 0.273. The van der Waals surface area contributed by atoms with Gasteiger partial charge in [0, 0.05) is 30.0 Å². The number of aliphatic imine (C=N–C) groups is 1. The highest BCUT2D eigenvalue weighted by atomic mass is 35.5. The summed E-state index contributed by atoms with van der Waals surface area (Å²) in [5, 5.41) is 3.14. The van der Waals surface area contributed by atoms with Crippen LogP contribution in [0.5, 0.6) is 0 Å². The first kappa shape index (κ1) is 10.9. The molecule has 4 nitrogen and oxygen atoms in total. The first-order valence-electron chi connectivity index (χ1n) is 5.73. The molecule has 0 aliphatic carbocycles.